The smallest absolute Gasteiger partial charge is 0.343 e. The van der Waals surface area contributed by atoms with Gasteiger partial charge in [-0.25, -0.2) is 9.59 Å². The minimum atomic E-state index is -0.678. The van der Waals surface area contributed by atoms with Crippen molar-refractivity contribution in [2.75, 3.05) is 0 Å². The molecule has 4 saturated carbocycles. The Bertz CT molecular complexity index is 1650. The van der Waals surface area contributed by atoms with Gasteiger partial charge in [-0.15, -0.1) is 0 Å². The topological polar surface area (TPSA) is 118 Å². The van der Waals surface area contributed by atoms with Gasteiger partial charge in [0.05, 0.1) is 0 Å². The third-order valence-corrected chi connectivity index (χ3v) is 14.5. The van der Waals surface area contributed by atoms with Crippen molar-refractivity contribution in [2.24, 2.45) is 43.5 Å². The highest BCUT2D eigenvalue weighted by Crippen LogP contribution is 2.67. The van der Waals surface area contributed by atoms with E-state index in [0.717, 1.165) is 49.7 Å². The first kappa shape index (κ1) is 37.6. The molecule has 8 nitrogen and oxygen atoms in total. The normalized spacial score (nSPS) is 32.1. The van der Waals surface area contributed by atoms with E-state index >= 15 is 0 Å². The van der Waals surface area contributed by atoms with E-state index in [1.807, 2.05) is 60.7 Å². The average Bonchev–Trinajstić information content (AvgIpc) is 3.62. The number of ether oxygens (including phenoxy) is 2. The third kappa shape index (κ3) is 6.40. The molecule has 2 aromatic rings. The fraction of sp³-hybridized carbons (Fsp3) is 0.545. The zero-order valence-electron chi connectivity index (χ0n) is 32.1. The summed E-state index contributed by atoms with van der Waals surface area (Å²) < 4.78 is 12.3. The van der Waals surface area contributed by atoms with Gasteiger partial charge in [-0.3, -0.25) is 9.98 Å². The van der Waals surface area contributed by atoms with Crippen LogP contribution < -0.4 is 0 Å². The molecular weight excluding hydrogens is 652 g/mol. The van der Waals surface area contributed by atoms with Crippen LogP contribution in [0, 0.1) is 33.5 Å². The standard InChI is InChI=1S/C44H56N2O6/c1-27(47)33(39(49)51-35-23-31-19-21-43(35,7)41(31,3)4)25-45-37(29-15-11-9-12-16-29)38(30-17-13-10-14-18-30)46-26-34(28(2)48)40(50)52-36-24-32-20-22-44(36,8)42(32,5)6/h9-18,25-26,31-32,35-38,47-48H,19-24H2,1-8H3/b33-27-,34-28+,45-25?,46-26?/t31-,32-,35+,36+,37+,38+,43+,44+/m0/s1. The lowest BCUT2D eigenvalue weighted by molar-refractivity contribution is -0.152. The number of fused-ring (bicyclic) bond motifs is 4. The molecule has 0 aromatic heterocycles. The molecule has 0 aliphatic heterocycles. The van der Waals surface area contributed by atoms with E-state index in [0.29, 0.717) is 11.8 Å². The second kappa shape index (κ2) is 14.0. The Morgan fingerprint density at radius 1 is 0.654 bits per heavy atom. The van der Waals surface area contributed by atoms with E-state index in [9.17, 15) is 19.8 Å². The molecular formula is C44H56N2O6. The lowest BCUT2D eigenvalue weighted by Gasteiger charge is -2.38. The summed E-state index contributed by atoms with van der Waals surface area (Å²) in [5, 5.41) is 21.5. The number of nitrogens with zero attached hydrogens (tertiary/aromatic N) is 2. The van der Waals surface area contributed by atoms with Crippen LogP contribution in [0.15, 0.2) is 93.3 Å². The third-order valence-electron chi connectivity index (χ3n) is 14.5. The van der Waals surface area contributed by atoms with Crippen LogP contribution >= 0.6 is 0 Å². The van der Waals surface area contributed by atoms with Crippen LogP contribution in [0.1, 0.15) is 117 Å². The Morgan fingerprint density at radius 3 is 1.27 bits per heavy atom. The van der Waals surface area contributed by atoms with Crippen LogP contribution in [0.4, 0.5) is 0 Å². The number of hydrogen-bond acceptors (Lipinski definition) is 8. The lowest BCUT2D eigenvalue weighted by atomic mass is 9.70. The fourth-order valence-electron chi connectivity index (χ4n) is 9.90. The van der Waals surface area contributed by atoms with Crippen molar-refractivity contribution >= 4 is 24.4 Å². The Labute approximate surface area is 309 Å². The zero-order chi connectivity index (χ0) is 37.6. The maximum absolute atomic E-state index is 13.7. The maximum Gasteiger partial charge on any atom is 0.343 e. The van der Waals surface area contributed by atoms with Gasteiger partial charge < -0.3 is 19.7 Å². The SMILES string of the molecule is C/C(O)=C(\C=N[C@H](c1ccccc1)[C@H](N=C/C(C(=O)O[C@@H]1C[C@@H]2CC[C@@]1(C)C2(C)C)=C(/C)O)c1ccccc1)C(=O)O[C@@H]1C[C@@H]2CC[C@@]1(C)C2(C)C. The summed E-state index contributed by atoms with van der Waals surface area (Å²) in [6.45, 7) is 16.4. The van der Waals surface area contributed by atoms with Gasteiger partial charge in [0, 0.05) is 23.3 Å². The summed E-state index contributed by atoms with van der Waals surface area (Å²) in [4.78, 5) is 37.3. The number of esters is 2. The Hall–Kier alpha value is -4.20. The van der Waals surface area contributed by atoms with E-state index in [1.54, 1.807) is 0 Å². The molecule has 0 amide bonds. The van der Waals surface area contributed by atoms with Crippen LogP contribution in [0.3, 0.4) is 0 Å². The van der Waals surface area contributed by atoms with Crippen LogP contribution in [0.5, 0.6) is 0 Å². The summed E-state index contributed by atoms with van der Waals surface area (Å²) in [5.41, 5.74) is 1.42. The Morgan fingerprint density at radius 2 is 1.00 bits per heavy atom. The predicted molar refractivity (Wildman–Crippen MR) is 204 cm³/mol. The van der Waals surface area contributed by atoms with Crippen molar-refractivity contribution < 1.29 is 29.3 Å². The van der Waals surface area contributed by atoms with Crippen LogP contribution in [0.2, 0.25) is 0 Å². The first-order chi connectivity index (χ1) is 24.5. The molecule has 0 spiro atoms. The molecule has 8 heteroatoms. The summed E-state index contributed by atoms with van der Waals surface area (Å²) in [6, 6.07) is 17.8. The maximum atomic E-state index is 13.7. The molecule has 52 heavy (non-hydrogen) atoms. The molecule has 4 aliphatic carbocycles. The lowest BCUT2D eigenvalue weighted by Crippen LogP contribution is -2.38. The number of hydrogen-bond donors (Lipinski definition) is 2. The molecule has 0 heterocycles. The molecule has 6 rings (SSSR count). The van der Waals surface area contributed by atoms with Gasteiger partial charge in [-0.1, -0.05) is 102 Å². The number of aliphatic hydroxyl groups is 2. The summed E-state index contributed by atoms with van der Waals surface area (Å²) in [5.74, 6) is -0.609. The largest absolute Gasteiger partial charge is 0.512 e. The molecule has 0 radical (unpaired) electrons. The highest BCUT2D eigenvalue weighted by atomic mass is 16.6. The van der Waals surface area contributed by atoms with E-state index in [-0.39, 0.29) is 56.5 Å². The molecule has 4 fully saturated rings. The number of carbonyl (C=O) groups excluding carboxylic acids is 2. The van der Waals surface area contributed by atoms with Crippen LogP contribution in [-0.2, 0) is 19.1 Å². The molecule has 2 aromatic carbocycles. The van der Waals surface area contributed by atoms with Crippen molar-refractivity contribution in [1.82, 2.24) is 0 Å². The van der Waals surface area contributed by atoms with Gasteiger partial charge in [0.25, 0.3) is 0 Å². The number of aliphatic imine (C=N–C) groups is 2. The van der Waals surface area contributed by atoms with Crippen molar-refractivity contribution in [3.05, 3.63) is 94.5 Å². The second-order valence-corrected chi connectivity index (χ2v) is 17.3. The number of rotatable bonds is 11. The second-order valence-electron chi connectivity index (χ2n) is 17.3. The summed E-state index contributed by atoms with van der Waals surface area (Å²) >= 11 is 0. The molecule has 4 bridgehead atoms. The van der Waals surface area contributed by atoms with Crippen LogP contribution in [-0.4, -0.2) is 46.8 Å². The highest BCUT2D eigenvalue weighted by Gasteiger charge is 2.64. The van der Waals surface area contributed by atoms with Gasteiger partial charge in [0.1, 0.15) is 47.0 Å². The Balaban J connectivity index is 1.30. The molecule has 0 unspecified atom stereocenters. The van der Waals surface area contributed by atoms with Crippen molar-refractivity contribution in [1.29, 1.82) is 0 Å². The van der Waals surface area contributed by atoms with Gasteiger partial charge in [0.2, 0.25) is 0 Å². The minimum Gasteiger partial charge on any atom is -0.512 e. The van der Waals surface area contributed by atoms with Crippen molar-refractivity contribution in [2.45, 2.75) is 118 Å². The van der Waals surface area contributed by atoms with Gasteiger partial charge in [-0.05, 0) is 86.2 Å². The van der Waals surface area contributed by atoms with Gasteiger partial charge >= 0.3 is 11.9 Å². The van der Waals surface area contributed by atoms with Crippen LogP contribution in [0.25, 0.3) is 0 Å². The summed E-state index contributed by atoms with van der Waals surface area (Å²) in [7, 11) is 0. The molecule has 8 atom stereocenters. The van der Waals surface area contributed by atoms with Crippen molar-refractivity contribution in [3.8, 4) is 0 Å². The quantitative estimate of drug-likeness (QED) is 0.104. The predicted octanol–water partition coefficient (Wildman–Crippen LogP) is 9.79. The summed E-state index contributed by atoms with van der Waals surface area (Å²) in [6.07, 6.45) is 8.15. The molecule has 4 aliphatic rings. The van der Waals surface area contributed by atoms with E-state index in [4.69, 9.17) is 19.5 Å². The number of allylic oxidation sites excluding steroid dienone is 2. The van der Waals surface area contributed by atoms with E-state index < -0.39 is 24.0 Å². The number of benzene rings is 2. The Kier molecular flexibility index (Phi) is 10.1. The first-order valence-electron chi connectivity index (χ1n) is 18.9. The van der Waals surface area contributed by atoms with E-state index in [1.165, 1.54) is 26.3 Å². The fourth-order valence-corrected chi connectivity index (χ4v) is 9.90. The monoisotopic (exact) mass is 708 g/mol. The minimum absolute atomic E-state index is 0.0152. The zero-order valence-corrected chi connectivity index (χ0v) is 32.1. The number of aliphatic hydroxyl groups excluding tert-OH is 2. The number of carbonyl (C=O) groups is 2. The molecule has 0 saturated heterocycles. The highest BCUT2D eigenvalue weighted by molar-refractivity contribution is 6.10. The van der Waals surface area contributed by atoms with Crippen molar-refractivity contribution in [3.63, 3.8) is 0 Å². The van der Waals surface area contributed by atoms with Gasteiger partial charge in [-0.2, -0.15) is 0 Å². The average molecular weight is 709 g/mol. The van der Waals surface area contributed by atoms with E-state index in [2.05, 4.69) is 41.5 Å². The van der Waals surface area contributed by atoms with Gasteiger partial charge in [0.15, 0.2) is 0 Å². The molecule has 278 valence electrons. The first-order valence-corrected chi connectivity index (χ1v) is 18.9. The molecule has 2 N–H and O–H groups in total.